The lowest BCUT2D eigenvalue weighted by atomic mass is 10.0. The fraction of sp³-hybridized carbons (Fsp3) is 1.00. The van der Waals surface area contributed by atoms with Crippen LogP contribution in [0.5, 0.6) is 0 Å². The molecule has 0 rings (SSSR count). The number of aliphatic hydroxyl groups excluding tert-OH is 2. The summed E-state index contributed by atoms with van der Waals surface area (Å²) in [7, 11) is 0. The molecule has 2 unspecified atom stereocenters. The lowest BCUT2D eigenvalue weighted by molar-refractivity contribution is 0.00817. The van der Waals surface area contributed by atoms with Gasteiger partial charge in [-0.1, -0.05) is 65.2 Å². The van der Waals surface area contributed by atoms with Gasteiger partial charge in [0, 0.05) is 0 Å². The van der Waals surface area contributed by atoms with Crippen LogP contribution in [-0.4, -0.2) is 22.4 Å². The van der Waals surface area contributed by atoms with Crippen molar-refractivity contribution >= 4 is 0 Å². The Kier molecular flexibility index (Phi) is 11.3. The highest BCUT2D eigenvalue weighted by Gasteiger charge is 2.13. The monoisotopic (exact) mass is 230 g/mol. The van der Waals surface area contributed by atoms with Crippen molar-refractivity contribution in [2.45, 2.75) is 90.3 Å². The number of rotatable bonds is 11. The van der Waals surface area contributed by atoms with Crippen molar-refractivity contribution in [2.75, 3.05) is 0 Å². The first-order valence-corrected chi connectivity index (χ1v) is 7.08. The topological polar surface area (TPSA) is 40.5 Å². The third-order valence-corrected chi connectivity index (χ3v) is 3.13. The minimum Gasteiger partial charge on any atom is -0.390 e. The lowest BCUT2D eigenvalue weighted by Crippen LogP contribution is -2.25. The van der Waals surface area contributed by atoms with Crippen LogP contribution in [0.25, 0.3) is 0 Å². The molecular weight excluding hydrogens is 200 g/mol. The van der Waals surface area contributed by atoms with E-state index in [1.54, 1.807) is 0 Å². The Morgan fingerprint density at radius 2 is 1.12 bits per heavy atom. The zero-order valence-electron chi connectivity index (χ0n) is 11.1. The van der Waals surface area contributed by atoms with Crippen molar-refractivity contribution in [3.8, 4) is 0 Å². The summed E-state index contributed by atoms with van der Waals surface area (Å²) in [6.07, 6.45) is 10.2. The van der Waals surface area contributed by atoms with Gasteiger partial charge in [0.25, 0.3) is 0 Å². The number of hydrogen-bond acceptors (Lipinski definition) is 2. The quantitative estimate of drug-likeness (QED) is 0.532. The SMILES string of the molecule is CCCCCCCCCC(O)C(O)CCC. The molecule has 0 aliphatic heterocycles. The standard InChI is InChI=1S/C14H30O2/c1-3-5-6-7-8-9-10-12-14(16)13(15)11-4-2/h13-16H,3-12H2,1-2H3. The Hall–Kier alpha value is -0.0800. The molecule has 0 radical (unpaired) electrons. The minimum atomic E-state index is -0.509. The van der Waals surface area contributed by atoms with Gasteiger partial charge in [-0.25, -0.2) is 0 Å². The Balaban J connectivity index is 3.23. The van der Waals surface area contributed by atoms with E-state index in [1.807, 2.05) is 6.92 Å². The third kappa shape index (κ3) is 9.17. The molecular formula is C14H30O2. The van der Waals surface area contributed by atoms with Gasteiger partial charge in [-0.15, -0.1) is 0 Å². The number of unbranched alkanes of at least 4 members (excludes halogenated alkanes) is 6. The maximum Gasteiger partial charge on any atom is 0.0799 e. The minimum absolute atomic E-state index is 0.504. The van der Waals surface area contributed by atoms with E-state index in [-0.39, 0.29) is 0 Å². The molecule has 0 aliphatic carbocycles. The van der Waals surface area contributed by atoms with Gasteiger partial charge in [-0.3, -0.25) is 0 Å². The maximum absolute atomic E-state index is 9.64. The van der Waals surface area contributed by atoms with Crippen LogP contribution in [-0.2, 0) is 0 Å². The molecule has 16 heavy (non-hydrogen) atoms. The van der Waals surface area contributed by atoms with Crippen molar-refractivity contribution in [3.63, 3.8) is 0 Å². The normalized spacial score (nSPS) is 15.0. The summed E-state index contributed by atoms with van der Waals surface area (Å²) in [5, 5.41) is 19.2. The molecule has 0 aromatic carbocycles. The molecule has 0 aliphatic rings. The number of aliphatic hydroxyl groups is 2. The van der Waals surface area contributed by atoms with Crippen molar-refractivity contribution in [1.82, 2.24) is 0 Å². The van der Waals surface area contributed by atoms with E-state index in [9.17, 15) is 10.2 Å². The molecule has 98 valence electrons. The molecule has 0 spiro atoms. The van der Waals surface area contributed by atoms with Crippen LogP contribution in [0, 0.1) is 0 Å². The molecule has 0 heterocycles. The van der Waals surface area contributed by atoms with E-state index in [2.05, 4.69) is 6.92 Å². The van der Waals surface area contributed by atoms with Crippen molar-refractivity contribution in [3.05, 3.63) is 0 Å². The zero-order chi connectivity index (χ0) is 12.2. The Bertz CT molecular complexity index is 137. The molecule has 0 bridgehead atoms. The summed E-state index contributed by atoms with van der Waals surface area (Å²) in [5.41, 5.74) is 0. The van der Waals surface area contributed by atoms with E-state index < -0.39 is 12.2 Å². The second-order valence-corrected chi connectivity index (χ2v) is 4.83. The average Bonchev–Trinajstić information content (AvgIpc) is 2.28. The molecule has 0 saturated carbocycles. The summed E-state index contributed by atoms with van der Waals surface area (Å²) in [5.74, 6) is 0. The van der Waals surface area contributed by atoms with Gasteiger partial charge in [0.2, 0.25) is 0 Å². The second kappa shape index (κ2) is 11.4. The van der Waals surface area contributed by atoms with Crippen LogP contribution in [0.15, 0.2) is 0 Å². The van der Waals surface area contributed by atoms with E-state index >= 15 is 0 Å². The van der Waals surface area contributed by atoms with Crippen molar-refractivity contribution in [2.24, 2.45) is 0 Å². The van der Waals surface area contributed by atoms with Crippen molar-refractivity contribution < 1.29 is 10.2 Å². The summed E-state index contributed by atoms with van der Waals surface area (Å²) < 4.78 is 0. The lowest BCUT2D eigenvalue weighted by Gasteiger charge is -2.16. The fourth-order valence-electron chi connectivity index (χ4n) is 1.99. The summed E-state index contributed by atoms with van der Waals surface area (Å²) in [6, 6.07) is 0. The molecule has 0 amide bonds. The van der Waals surface area contributed by atoms with Gasteiger partial charge in [0.1, 0.15) is 0 Å². The van der Waals surface area contributed by atoms with Crippen LogP contribution < -0.4 is 0 Å². The van der Waals surface area contributed by atoms with Crippen LogP contribution in [0.4, 0.5) is 0 Å². The predicted octanol–water partition coefficient (Wildman–Crippen LogP) is 3.65. The Morgan fingerprint density at radius 3 is 1.69 bits per heavy atom. The van der Waals surface area contributed by atoms with Crippen molar-refractivity contribution in [1.29, 1.82) is 0 Å². The highest BCUT2D eigenvalue weighted by Crippen LogP contribution is 2.12. The molecule has 0 aromatic heterocycles. The zero-order valence-corrected chi connectivity index (χ0v) is 11.1. The van der Waals surface area contributed by atoms with Crippen LogP contribution >= 0.6 is 0 Å². The fourth-order valence-corrected chi connectivity index (χ4v) is 1.99. The molecule has 0 aromatic rings. The summed E-state index contributed by atoms with van der Waals surface area (Å²) in [6.45, 7) is 4.26. The largest absolute Gasteiger partial charge is 0.390 e. The van der Waals surface area contributed by atoms with E-state index in [1.165, 1.54) is 38.5 Å². The van der Waals surface area contributed by atoms with Crippen LogP contribution in [0.1, 0.15) is 78.1 Å². The number of hydrogen-bond donors (Lipinski definition) is 2. The van der Waals surface area contributed by atoms with Gasteiger partial charge in [0.05, 0.1) is 12.2 Å². The highest BCUT2D eigenvalue weighted by atomic mass is 16.3. The molecule has 0 saturated heterocycles. The van der Waals surface area contributed by atoms with E-state index in [4.69, 9.17) is 0 Å². The van der Waals surface area contributed by atoms with Gasteiger partial charge in [-0.05, 0) is 12.8 Å². The van der Waals surface area contributed by atoms with Gasteiger partial charge in [-0.2, -0.15) is 0 Å². The third-order valence-electron chi connectivity index (χ3n) is 3.13. The molecule has 2 N–H and O–H groups in total. The van der Waals surface area contributed by atoms with E-state index in [0.29, 0.717) is 0 Å². The molecule has 2 atom stereocenters. The van der Waals surface area contributed by atoms with Gasteiger partial charge in [0.15, 0.2) is 0 Å². The van der Waals surface area contributed by atoms with E-state index in [0.717, 1.165) is 25.7 Å². The Morgan fingerprint density at radius 1 is 0.625 bits per heavy atom. The average molecular weight is 230 g/mol. The summed E-state index contributed by atoms with van der Waals surface area (Å²) in [4.78, 5) is 0. The van der Waals surface area contributed by atoms with Gasteiger partial charge < -0.3 is 10.2 Å². The van der Waals surface area contributed by atoms with Crippen LogP contribution in [0.2, 0.25) is 0 Å². The second-order valence-electron chi connectivity index (χ2n) is 4.83. The first-order chi connectivity index (χ1) is 7.72. The van der Waals surface area contributed by atoms with Gasteiger partial charge >= 0.3 is 0 Å². The smallest absolute Gasteiger partial charge is 0.0799 e. The Labute approximate surface area is 101 Å². The maximum atomic E-state index is 9.64. The molecule has 0 fully saturated rings. The first kappa shape index (κ1) is 15.9. The highest BCUT2D eigenvalue weighted by molar-refractivity contribution is 4.66. The van der Waals surface area contributed by atoms with Crippen LogP contribution in [0.3, 0.4) is 0 Å². The predicted molar refractivity (Wildman–Crippen MR) is 69.5 cm³/mol. The molecule has 2 heteroatoms. The summed E-state index contributed by atoms with van der Waals surface area (Å²) >= 11 is 0. The molecule has 2 nitrogen and oxygen atoms in total. The first-order valence-electron chi connectivity index (χ1n) is 7.08.